The van der Waals surface area contributed by atoms with Crippen molar-refractivity contribution in [1.29, 1.82) is 5.26 Å². The highest BCUT2D eigenvalue weighted by Crippen LogP contribution is 2.34. The molecule has 0 bridgehead atoms. The lowest BCUT2D eigenvalue weighted by molar-refractivity contribution is 0.0820. The molecule has 0 aliphatic heterocycles. The van der Waals surface area contributed by atoms with Gasteiger partial charge in [-0.25, -0.2) is 0 Å². The van der Waals surface area contributed by atoms with E-state index in [-0.39, 0.29) is 11.4 Å². The van der Waals surface area contributed by atoms with Crippen LogP contribution in [0.5, 0.6) is 0 Å². The molecule has 17 heavy (non-hydrogen) atoms. The lowest BCUT2D eigenvalue weighted by atomic mass is 9.74. The molecule has 0 unspecified atom stereocenters. The van der Waals surface area contributed by atoms with Crippen LogP contribution >= 0.6 is 0 Å². The Morgan fingerprint density at radius 1 is 1.41 bits per heavy atom. The first kappa shape index (κ1) is 11.7. The van der Waals surface area contributed by atoms with Crippen LogP contribution < -0.4 is 5.32 Å². The van der Waals surface area contributed by atoms with Crippen LogP contribution in [-0.2, 0) is 0 Å². The third-order valence-electron chi connectivity index (χ3n) is 3.64. The summed E-state index contributed by atoms with van der Waals surface area (Å²) in [7, 11) is 0. The summed E-state index contributed by atoms with van der Waals surface area (Å²) in [5.41, 5.74) is 1.23. The van der Waals surface area contributed by atoms with E-state index in [9.17, 15) is 4.79 Å². The molecule has 2 rings (SSSR count). The SMILES string of the molecule is CCC1(NC(=O)c2ccc(C#N)cc2)CCC1. The summed E-state index contributed by atoms with van der Waals surface area (Å²) in [5, 5.41) is 11.8. The maximum absolute atomic E-state index is 12.0. The topological polar surface area (TPSA) is 52.9 Å². The molecule has 0 spiro atoms. The molecule has 1 aliphatic rings. The van der Waals surface area contributed by atoms with Gasteiger partial charge in [-0.3, -0.25) is 4.79 Å². The number of hydrogen-bond donors (Lipinski definition) is 1. The van der Waals surface area contributed by atoms with Gasteiger partial charge in [0.2, 0.25) is 0 Å². The van der Waals surface area contributed by atoms with Crippen LogP contribution in [0.15, 0.2) is 24.3 Å². The predicted molar refractivity (Wildman–Crippen MR) is 65.5 cm³/mol. The first-order chi connectivity index (χ1) is 8.19. The predicted octanol–water partition coefficient (Wildman–Crippen LogP) is 2.62. The van der Waals surface area contributed by atoms with Crippen LogP contribution in [0, 0.1) is 11.3 Å². The molecule has 0 radical (unpaired) electrons. The average molecular weight is 228 g/mol. The smallest absolute Gasteiger partial charge is 0.251 e. The van der Waals surface area contributed by atoms with Crippen LogP contribution in [-0.4, -0.2) is 11.4 Å². The molecule has 0 heterocycles. The Balaban J connectivity index is 2.07. The summed E-state index contributed by atoms with van der Waals surface area (Å²) in [5.74, 6) is -0.0314. The van der Waals surface area contributed by atoms with E-state index in [2.05, 4.69) is 12.2 Å². The second kappa shape index (κ2) is 4.58. The molecule has 3 nitrogen and oxygen atoms in total. The van der Waals surface area contributed by atoms with E-state index in [1.54, 1.807) is 24.3 Å². The van der Waals surface area contributed by atoms with Gasteiger partial charge in [-0.1, -0.05) is 6.92 Å². The molecule has 0 aromatic heterocycles. The van der Waals surface area contributed by atoms with E-state index in [0.717, 1.165) is 19.3 Å². The number of amides is 1. The molecule has 1 amide bonds. The van der Waals surface area contributed by atoms with Crippen molar-refractivity contribution < 1.29 is 4.79 Å². The van der Waals surface area contributed by atoms with Crippen LogP contribution in [0.4, 0.5) is 0 Å². The molecule has 88 valence electrons. The third kappa shape index (κ3) is 2.31. The van der Waals surface area contributed by atoms with Crippen molar-refractivity contribution in [3.05, 3.63) is 35.4 Å². The summed E-state index contributed by atoms with van der Waals surface area (Å²) < 4.78 is 0. The molecule has 3 heteroatoms. The van der Waals surface area contributed by atoms with Gasteiger partial charge in [0.05, 0.1) is 11.6 Å². The van der Waals surface area contributed by atoms with Crippen molar-refractivity contribution in [2.45, 2.75) is 38.1 Å². The van der Waals surface area contributed by atoms with Gasteiger partial charge in [0.25, 0.3) is 5.91 Å². The molecule has 1 N–H and O–H groups in total. The van der Waals surface area contributed by atoms with E-state index in [0.29, 0.717) is 11.1 Å². The standard InChI is InChI=1S/C14H16N2O/c1-2-14(8-3-9-14)16-13(17)12-6-4-11(10-15)5-7-12/h4-7H,2-3,8-9H2,1H3,(H,16,17). The van der Waals surface area contributed by atoms with E-state index in [1.807, 2.05) is 6.07 Å². The number of nitriles is 1. The first-order valence-electron chi connectivity index (χ1n) is 6.02. The fourth-order valence-corrected chi connectivity index (χ4v) is 2.18. The minimum Gasteiger partial charge on any atom is -0.347 e. The van der Waals surface area contributed by atoms with Crippen LogP contribution in [0.1, 0.15) is 48.5 Å². The van der Waals surface area contributed by atoms with Gasteiger partial charge < -0.3 is 5.32 Å². The van der Waals surface area contributed by atoms with Crippen LogP contribution in [0.25, 0.3) is 0 Å². The monoisotopic (exact) mass is 228 g/mol. The molecular formula is C14H16N2O. The summed E-state index contributed by atoms with van der Waals surface area (Å²) in [6.45, 7) is 2.11. The maximum atomic E-state index is 12.0. The maximum Gasteiger partial charge on any atom is 0.251 e. The normalized spacial score (nSPS) is 16.7. The molecule has 0 atom stereocenters. The van der Waals surface area contributed by atoms with Crippen molar-refractivity contribution in [2.75, 3.05) is 0 Å². The zero-order valence-corrected chi connectivity index (χ0v) is 9.99. The number of carbonyl (C=O) groups is 1. The largest absolute Gasteiger partial charge is 0.347 e. The summed E-state index contributed by atoms with van der Waals surface area (Å²) in [4.78, 5) is 12.0. The van der Waals surface area contributed by atoms with E-state index >= 15 is 0 Å². The Morgan fingerprint density at radius 2 is 2.06 bits per heavy atom. The molecule has 1 fully saturated rings. The van der Waals surface area contributed by atoms with Crippen LogP contribution in [0.2, 0.25) is 0 Å². The highest BCUT2D eigenvalue weighted by molar-refractivity contribution is 5.94. The Kier molecular flexibility index (Phi) is 3.14. The van der Waals surface area contributed by atoms with Crippen molar-refractivity contribution in [3.8, 4) is 6.07 Å². The van der Waals surface area contributed by atoms with E-state index in [1.165, 1.54) is 6.42 Å². The van der Waals surface area contributed by atoms with E-state index in [4.69, 9.17) is 5.26 Å². The average Bonchev–Trinajstić information content (AvgIpc) is 2.33. The molecule has 1 aromatic rings. The van der Waals surface area contributed by atoms with Gasteiger partial charge >= 0.3 is 0 Å². The summed E-state index contributed by atoms with van der Waals surface area (Å²) in [6.07, 6.45) is 4.33. The zero-order chi connectivity index (χ0) is 12.3. The van der Waals surface area contributed by atoms with Crippen molar-refractivity contribution in [3.63, 3.8) is 0 Å². The lowest BCUT2D eigenvalue weighted by Crippen LogP contribution is -2.52. The Hall–Kier alpha value is -1.82. The van der Waals surface area contributed by atoms with Gasteiger partial charge in [-0.2, -0.15) is 5.26 Å². The van der Waals surface area contributed by atoms with Crippen molar-refractivity contribution >= 4 is 5.91 Å². The van der Waals surface area contributed by atoms with Crippen molar-refractivity contribution in [2.24, 2.45) is 0 Å². The molecule has 1 aromatic carbocycles. The first-order valence-corrected chi connectivity index (χ1v) is 6.02. The Labute approximate surface area is 101 Å². The van der Waals surface area contributed by atoms with Crippen molar-refractivity contribution in [1.82, 2.24) is 5.32 Å². The second-order valence-electron chi connectivity index (χ2n) is 4.63. The van der Waals surface area contributed by atoms with Gasteiger partial charge in [0, 0.05) is 11.1 Å². The minimum absolute atomic E-state index is 0.0188. The second-order valence-corrected chi connectivity index (χ2v) is 4.63. The fourth-order valence-electron chi connectivity index (χ4n) is 2.18. The Bertz CT molecular complexity index is 447. The van der Waals surface area contributed by atoms with Gasteiger partial charge in [0.1, 0.15) is 0 Å². The molecule has 0 saturated heterocycles. The fraction of sp³-hybridized carbons (Fsp3) is 0.429. The number of rotatable bonds is 3. The number of nitrogens with one attached hydrogen (secondary N) is 1. The minimum atomic E-state index is -0.0314. The zero-order valence-electron chi connectivity index (χ0n) is 9.99. The third-order valence-corrected chi connectivity index (χ3v) is 3.64. The highest BCUT2D eigenvalue weighted by Gasteiger charge is 2.36. The quantitative estimate of drug-likeness (QED) is 0.864. The number of nitrogens with zero attached hydrogens (tertiary/aromatic N) is 1. The van der Waals surface area contributed by atoms with Gasteiger partial charge in [-0.05, 0) is 49.9 Å². The Morgan fingerprint density at radius 3 is 2.47 bits per heavy atom. The number of benzene rings is 1. The number of carbonyl (C=O) groups excluding carboxylic acids is 1. The van der Waals surface area contributed by atoms with Gasteiger partial charge in [0.15, 0.2) is 0 Å². The van der Waals surface area contributed by atoms with Crippen LogP contribution in [0.3, 0.4) is 0 Å². The van der Waals surface area contributed by atoms with E-state index < -0.39 is 0 Å². The molecule has 1 saturated carbocycles. The molecular weight excluding hydrogens is 212 g/mol. The number of hydrogen-bond acceptors (Lipinski definition) is 2. The van der Waals surface area contributed by atoms with Gasteiger partial charge in [-0.15, -0.1) is 0 Å². The summed E-state index contributed by atoms with van der Waals surface area (Å²) in [6, 6.07) is 8.80. The summed E-state index contributed by atoms with van der Waals surface area (Å²) >= 11 is 0. The highest BCUT2D eigenvalue weighted by atomic mass is 16.1. The molecule has 1 aliphatic carbocycles. The lowest BCUT2D eigenvalue weighted by Gasteiger charge is -2.42.